The number of esters is 1. The lowest BCUT2D eigenvalue weighted by Crippen LogP contribution is -2.45. The minimum atomic E-state index is -0.406. The fraction of sp³-hybridized carbons (Fsp3) is 0.412. The lowest BCUT2D eigenvalue weighted by molar-refractivity contribution is 0.0595. The number of carbonyl (C=O) groups is 1. The van der Waals surface area contributed by atoms with Crippen LogP contribution in [0.2, 0.25) is 0 Å². The summed E-state index contributed by atoms with van der Waals surface area (Å²) in [7, 11) is 5.10. The van der Waals surface area contributed by atoms with Gasteiger partial charge < -0.3 is 24.3 Å². The molecule has 0 spiro atoms. The van der Waals surface area contributed by atoms with E-state index in [1.165, 1.54) is 7.11 Å². The molecule has 0 saturated carbocycles. The van der Waals surface area contributed by atoms with Gasteiger partial charge in [-0.3, -0.25) is 0 Å². The molecular weight excluding hydrogens is 308 g/mol. The fourth-order valence-electron chi connectivity index (χ4n) is 2.74. The summed E-state index contributed by atoms with van der Waals surface area (Å²) >= 11 is 0. The Balaban J connectivity index is 1.94. The number of rotatable bonds is 4. The second-order valence-corrected chi connectivity index (χ2v) is 5.79. The number of nitrogens with zero attached hydrogens (tertiary/aromatic N) is 3. The zero-order valence-corrected chi connectivity index (χ0v) is 14.2. The summed E-state index contributed by atoms with van der Waals surface area (Å²) in [4.78, 5) is 24.3. The zero-order chi connectivity index (χ0) is 17.1. The first-order valence-corrected chi connectivity index (χ1v) is 7.88. The van der Waals surface area contributed by atoms with E-state index in [9.17, 15) is 4.79 Å². The van der Waals surface area contributed by atoms with Crippen LogP contribution in [0.5, 0.6) is 5.75 Å². The predicted molar refractivity (Wildman–Crippen MR) is 91.6 cm³/mol. The number of nitrogens with one attached hydrogen (secondary N) is 1. The molecule has 2 aromatic rings. The van der Waals surface area contributed by atoms with Crippen molar-refractivity contribution in [2.45, 2.75) is 0 Å². The van der Waals surface area contributed by atoms with Crippen LogP contribution in [0.25, 0.3) is 11.4 Å². The maximum Gasteiger partial charge on any atom is 0.358 e. The Kier molecular flexibility index (Phi) is 4.71. The summed E-state index contributed by atoms with van der Waals surface area (Å²) in [6, 6.07) is 7.55. The van der Waals surface area contributed by atoms with Gasteiger partial charge in [-0.05, 0) is 31.3 Å². The molecule has 1 aliphatic heterocycles. The molecule has 2 heterocycles. The normalized spacial score (nSPS) is 15.4. The number of methoxy groups -OCH3 is 2. The number of H-pyrrole nitrogens is 1. The summed E-state index contributed by atoms with van der Waals surface area (Å²) in [5.74, 6) is 1.67. The second-order valence-electron chi connectivity index (χ2n) is 5.79. The number of aromatic amines is 1. The van der Waals surface area contributed by atoms with Crippen molar-refractivity contribution in [1.82, 2.24) is 14.9 Å². The van der Waals surface area contributed by atoms with Gasteiger partial charge in [0.15, 0.2) is 11.5 Å². The minimum absolute atomic E-state index is 0.396. The average molecular weight is 330 g/mol. The molecule has 1 aromatic heterocycles. The Morgan fingerprint density at radius 2 is 1.79 bits per heavy atom. The molecule has 128 valence electrons. The fourth-order valence-corrected chi connectivity index (χ4v) is 2.74. The first kappa shape index (κ1) is 16.3. The van der Waals surface area contributed by atoms with Crippen LogP contribution in [0, 0.1) is 0 Å². The lowest BCUT2D eigenvalue weighted by Gasteiger charge is -2.32. The second kappa shape index (κ2) is 6.92. The number of carbonyl (C=O) groups excluding carboxylic acids is 1. The van der Waals surface area contributed by atoms with E-state index in [0.717, 1.165) is 37.5 Å². The van der Waals surface area contributed by atoms with Crippen LogP contribution in [0.4, 0.5) is 5.82 Å². The topological polar surface area (TPSA) is 70.7 Å². The van der Waals surface area contributed by atoms with Crippen molar-refractivity contribution in [2.24, 2.45) is 0 Å². The minimum Gasteiger partial charge on any atom is -0.497 e. The van der Waals surface area contributed by atoms with Crippen molar-refractivity contribution in [3.63, 3.8) is 0 Å². The van der Waals surface area contributed by atoms with E-state index in [2.05, 4.69) is 26.8 Å². The van der Waals surface area contributed by atoms with Gasteiger partial charge in [-0.25, -0.2) is 9.78 Å². The Bertz CT molecular complexity index is 703. The first-order chi connectivity index (χ1) is 11.6. The maximum atomic E-state index is 12.1. The summed E-state index contributed by atoms with van der Waals surface area (Å²) in [5, 5.41) is 0. The predicted octanol–water partition coefficient (Wildman–Crippen LogP) is 1.62. The number of hydrogen-bond donors (Lipinski definition) is 1. The number of piperazine rings is 1. The monoisotopic (exact) mass is 330 g/mol. The highest BCUT2D eigenvalue weighted by molar-refractivity contribution is 5.94. The van der Waals surface area contributed by atoms with Crippen LogP contribution in [0.3, 0.4) is 0 Å². The number of benzene rings is 1. The largest absolute Gasteiger partial charge is 0.497 e. The Labute approximate surface area is 141 Å². The summed E-state index contributed by atoms with van der Waals surface area (Å²) in [6.07, 6.45) is 0. The molecule has 1 N–H and O–H groups in total. The van der Waals surface area contributed by atoms with Gasteiger partial charge in [0, 0.05) is 31.7 Å². The van der Waals surface area contributed by atoms with Gasteiger partial charge in [0.1, 0.15) is 11.6 Å². The van der Waals surface area contributed by atoms with Crippen LogP contribution in [-0.2, 0) is 4.74 Å². The SMILES string of the molecule is COC(=O)c1[nH]c(-c2ccc(OC)cc2)nc1N1CCN(C)CC1. The molecule has 24 heavy (non-hydrogen) atoms. The van der Waals surface area contributed by atoms with E-state index in [0.29, 0.717) is 17.3 Å². The van der Waals surface area contributed by atoms with Gasteiger partial charge in [-0.2, -0.15) is 0 Å². The number of aromatic nitrogens is 2. The molecule has 0 atom stereocenters. The molecule has 0 bridgehead atoms. The summed E-state index contributed by atoms with van der Waals surface area (Å²) in [6.45, 7) is 3.53. The number of ether oxygens (including phenoxy) is 2. The molecule has 1 saturated heterocycles. The van der Waals surface area contributed by atoms with Gasteiger partial charge in [0.05, 0.1) is 14.2 Å². The van der Waals surface area contributed by atoms with E-state index in [1.54, 1.807) is 7.11 Å². The van der Waals surface area contributed by atoms with Crippen molar-refractivity contribution in [3.8, 4) is 17.1 Å². The number of imidazole rings is 1. The number of likely N-dealkylation sites (N-methyl/N-ethyl adjacent to an activating group) is 1. The smallest absolute Gasteiger partial charge is 0.358 e. The zero-order valence-electron chi connectivity index (χ0n) is 14.2. The maximum absolute atomic E-state index is 12.1. The Hall–Kier alpha value is -2.54. The quantitative estimate of drug-likeness (QED) is 0.859. The van der Waals surface area contributed by atoms with Crippen molar-refractivity contribution in [1.29, 1.82) is 0 Å². The van der Waals surface area contributed by atoms with Gasteiger partial charge in [-0.1, -0.05) is 0 Å². The van der Waals surface area contributed by atoms with Crippen LogP contribution >= 0.6 is 0 Å². The lowest BCUT2D eigenvalue weighted by atomic mass is 10.2. The third kappa shape index (κ3) is 3.21. The van der Waals surface area contributed by atoms with Crippen LogP contribution in [0.15, 0.2) is 24.3 Å². The third-order valence-corrected chi connectivity index (χ3v) is 4.24. The van der Waals surface area contributed by atoms with Crippen LogP contribution in [0.1, 0.15) is 10.5 Å². The van der Waals surface area contributed by atoms with Gasteiger partial charge in [0.2, 0.25) is 0 Å². The highest BCUT2D eigenvalue weighted by atomic mass is 16.5. The van der Waals surface area contributed by atoms with Crippen LogP contribution in [-0.4, -0.2) is 68.3 Å². The van der Waals surface area contributed by atoms with Gasteiger partial charge in [0.25, 0.3) is 0 Å². The van der Waals surface area contributed by atoms with Crippen molar-refractivity contribution < 1.29 is 14.3 Å². The average Bonchev–Trinajstić information content (AvgIpc) is 3.07. The van der Waals surface area contributed by atoms with E-state index in [-0.39, 0.29) is 0 Å². The standard InChI is InChI=1S/C17H22N4O3/c1-20-8-10-21(11-9-20)16-14(17(22)24-3)18-15(19-16)12-4-6-13(23-2)7-5-12/h4-7H,8-11H2,1-3H3,(H,18,19). The molecule has 7 nitrogen and oxygen atoms in total. The highest BCUT2D eigenvalue weighted by Gasteiger charge is 2.25. The highest BCUT2D eigenvalue weighted by Crippen LogP contribution is 2.26. The van der Waals surface area contributed by atoms with E-state index >= 15 is 0 Å². The van der Waals surface area contributed by atoms with E-state index in [4.69, 9.17) is 9.47 Å². The van der Waals surface area contributed by atoms with E-state index < -0.39 is 5.97 Å². The van der Waals surface area contributed by atoms with Crippen molar-refractivity contribution >= 4 is 11.8 Å². The molecule has 7 heteroatoms. The van der Waals surface area contributed by atoms with E-state index in [1.807, 2.05) is 24.3 Å². The Morgan fingerprint density at radius 3 is 2.38 bits per heavy atom. The molecule has 0 unspecified atom stereocenters. The van der Waals surface area contributed by atoms with Crippen molar-refractivity contribution in [2.75, 3.05) is 52.3 Å². The molecule has 1 fully saturated rings. The molecule has 1 aliphatic rings. The molecular formula is C17H22N4O3. The molecule has 0 amide bonds. The Morgan fingerprint density at radius 1 is 1.12 bits per heavy atom. The summed E-state index contributed by atoms with van der Waals surface area (Å²) in [5.41, 5.74) is 1.29. The number of anilines is 1. The van der Waals surface area contributed by atoms with Crippen molar-refractivity contribution in [3.05, 3.63) is 30.0 Å². The van der Waals surface area contributed by atoms with Gasteiger partial charge in [-0.15, -0.1) is 0 Å². The summed E-state index contributed by atoms with van der Waals surface area (Å²) < 4.78 is 10.1. The van der Waals surface area contributed by atoms with Gasteiger partial charge >= 0.3 is 5.97 Å². The molecule has 3 rings (SSSR count). The third-order valence-electron chi connectivity index (χ3n) is 4.24. The molecule has 0 aliphatic carbocycles. The number of hydrogen-bond acceptors (Lipinski definition) is 6. The molecule has 1 aromatic carbocycles. The van der Waals surface area contributed by atoms with Crippen LogP contribution < -0.4 is 9.64 Å². The molecule has 0 radical (unpaired) electrons. The first-order valence-electron chi connectivity index (χ1n) is 7.88.